The van der Waals surface area contributed by atoms with E-state index in [-0.39, 0.29) is 0 Å². The average molecular weight is 203 g/mol. The maximum atomic E-state index is 10.6. The Morgan fingerprint density at radius 3 is 2.20 bits per heavy atom. The van der Waals surface area contributed by atoms with Gasteiger partial charge in [-0.2, -0.15) is 5.26 Å². The van der Waals surface area contributed by atoms with Crippen molar-refractivity contribution >= 4 is 0 Å². The lowest BCUT2D eigenvalue weighted by Gasteiger charge is -2.37. The van der Waals surface area contributed by atoms with Gasteiger partial charge in [-0.3, -0.25) is 0 Å². The summed E-state index contributed by atoms with van der Waals surface area (Å²) >= 11 is 0. The van der Waals surface area contributed by atoms with Crippen molar-refractivity contribution in [3.63, 3.8) is 0 Å². The Bertz CT molecular complexity index is 364. The summed E-state index contributed by atoms with van der Waals surface area (Å²) in [4.78, 5) is 0. The van der Waals surface area contributed by atoms with Crippen LogP contribution < -0.4 is 0 Å². The van der Waals surface area contributed by atoms with Gasteiger partial charge in [0.05, 0.1) is 11.5 Å². The quantitative estimate of drug-likeness (QED) is 0.821. The van der Waals surface area contributed by atoms with Gasteiger partial charge in [-0.15, -0.1) is 0 Å². The summed E-state index contributed by atoms with van der Waals surface area (Å²) in [5.41, 5.74) is -1.06. The zero-order valence-corrected chi connectivity index (χ0v) is 9.49. The van der Waals surface area contributed by atoms with Crippen molar-refractivity contribution in [3.05, 3.63) is 35.9 Å². The van der Waals surface area contributed by atoms with Crippen molar-refractivity contribution in [2.75, 3.05) is 0 Å². The van der Waals surface area contributed by atoms with Crippen LogP contribution in [0.4, 0.5) is 0 Å². The van der Waals surface area contributed by atoms with Crippen molar-refractivity contribution in [1.82, 2.24) is 0 Å². The molecule has 0 heterocycles. The van der Waals surface area contributed by atoms with Crippen LogP contribution in [-0.2, 0) is 5.60 Å². The zero-order chi connectivity index (χ0) is 11.5. The number of nitrogens with zero attached hydrogens (tertiary/aromatic N) is 1. The molecule has 0 aliphatic heterocycles. The molecule has 1 aromatic carbocycles. The molecule has 2 nitrogen and oxygen atoms in total. The molecule has 0 saturated carbocycles. The summed E-state index contributed by atoms with van der Waals surface area (Å²) in [5.74, 6) is 0. The molecule has 80 valence electrons. The Hall–Kier alpha value is -1.33. The molecule has 0 amide bonds. The fourth-order valence-corrected chi connectivity index (χ4v) is 1.81. The first-order valence-electron chi connectivity index (χ1n) is 5.17. The monoisotopic (exact) mass is 203 g/mol. The molecule has 0 aromatic heterocycles. The third kappa shape index (κ3) is 1.88. The average Bonchev–Trinajstić information content (AvgIpc) is 2.29. The molecule has 1 N–H and O–H groups in total. The molecular formula is C13H17NO. The van der Waals surface area contributed by atoms with E-state index in [0.29, 0.717) is 6.42 Å². The second kappa shape index (κ2) is 4.04. The van der Waals surface area contributed by atoms with E-state index in [1.54, 1.807) is 13.8 Å². The van der Waals surface area contributed by atoms with E-state index in [0.717, 1.165) is 5.56 Å². The van der Waals surface area contributed by atoms with Gasteiger partial charge in [-0.1, -0.05) is 37.3 Å². The maximum absolute atomic E-state index is 10.6. The topological polar surface area (TPSA) is 44.0 Å². The van der Waals surface area contributed by atoms with E-state index < -0.39 is 11.0 Å². The maximum Gasteiger partial charge on any atom is 0.107 e. The van der Waals surface area contributed by atoms with E-state index in [2.05, 4.69) is 6.07 Å². The lowest BCUT2D eigenvalue weighted by molar-refractivity contribution is -0.0482. The number of benzene rings is 1. The Kier molecular flexibility index (Phi) is 3.16. The Labute approximate surface area is 91.2 Å². The Morgan fingerprint density at radius 1 is 1.27 bits per heavy atom. The lowest BCUT2D eigenvalue weighted by atomic mass is 9.70. The van der Waals surface area contributed by atoms with Gasteiger partial charge in [0.1, 0.15) is 5.60 Å². The van der Waals surface area contributed by atoms with Crippen LogP contribution in [0.1, 0.15) is 32.8 Å². The van der Waals surface area contributed by atoms with Crippen molar-refractivity contribution in [1.29, 1.82) is 5.26 Å². The minimum absolute atomic E-state index is 0.525. The molecule has 0 fully saturated rings. The normalized spacial score (nSPS) is 15.4. The molecule has 1 atom stereocenters. The molecule has 0 aliphatic rings. The van der Waals surface area contributed by atoms with Crippen LogP contribution in [0.3, 0.4) is 0 Å². The first kappa shape index (κ1) is 11.7. The first-order valence-corrected chi connectivity index (χ1v) is 5.17. The van der Waals surface area contributed by atoms with Crippen LogP contribution in [-0.4, -0.2) is 5.11 Å². The smallest absolute Gasteiger partial charge is 0.107 e. The van der Waals surface area contributed by atoms with Gasteiger partial charge >= 0.3 is 0 Å². The van der Waals surface area contributed by atoms with Crippen molar-refractivity contribution in [2.24, 2.45) is 5.41 Å². The fourth-order valence-electron chi connectivity index (χ4n) is 1.81. The molecular weight excluding hydrogens is 186 g/mol. The third-order valence-corrected chi connectivity index (χ3v) is 3.08. The van der Waals surface area contributed by atoms with E-state index in [4.69, 9.17) is 5.26 Å². The number of rotatable bonds is 3. The van der Waals surface area contributed by atoms with Gasteiger partial charge in [0.25, 0.3) is 0 Å². The summed E-state index contributed by atoms with van der Waals surface area (Å²) in [6.45, 7) is 5.43. The third-order valence-electron chi connectivity index (χ3n) is 3.08. The minimum Gasteiger partial charge on any atom is -0.384 e. The highest BCUT2D eigenvalue weighted by molar-refractivity contribution is 5.27. The van der Waals surface area contributed by atoms with Crippen LogP contribution in [0.15, 0.2) is 30.3 Å². The molecule has 0 aliphatic carbocycles. The van der Waals surface area contributed by atoms with Crippen LogP contribution in [0.2, 0.25) is 0 Å². The second-order valence-corrected chi connectivity index (χ2v) is 4.32. The Balaban J connectivity index is 3.24. The number of aliphatic hydroxyl groups is 1. The summed E-state index contributed by atoms with van der Waals surface area (Å²) < 4.78 is 0. The highest BCUT2D eigenvalue weighted by Crippen LogP contribution is 2.41. The van der Waals surface area contributed by atoms with Crippen LogP contribution in [0.25, 0.3) is 0 Å². The highest BCUT2D eigenvalue weighted by Gasteiger charge is 2.43. The fraction of sp³-hybridized carbons (Fsp3) is 0.462. The van der Waals surface area contributed by atoms with E-state index >= 15 is 0 Å². The van der Waals surface area contributed by atoms with E-state index in [9.17, 15) is 5.11 Å². The van der Waals surface area contributed by atoms with Gasteiger partial charge in [0.15, 0.2) is 0 Å². The summed E-state index contributed by atoms with van der Waals surface area (Å²) in [5, 5.41) is 19.7. The second-order valence-electron chi connectivity index (χ2n) is 4.32. The van der Waals surface area contributed by atoms with Crippen molar-refractivity contribution < 1.29 is 5.11 Å². The predicted molar refractivity (Wildman–Crippen MR) is 60.0 cm³/mol. The van der Waals surface area contributed by atoms with E-state index in [1.165, 1.54) is 0 Å². The molecule has 1 aromatic rings. The number of nitriles is 1. The molecule has 1 unspecified atom stereocenters. The van der Waals surface area contributed by atoms with Crippen molar-refractivity contribution in [2.45, 2.75) is 32.8 Å². The SMILES string of the molecule is CCC(O)(c1ccccc1)C(C)(C)C#N. The largest absolute Gasteiger partial charge is 0.384 e. The first-order chi connectivity index (χ1) is 6.98. The van der Waals surface area contributed by atoms with Crippen molar-refractivity contribution in [3.8, 4) is 6.07 Å². The number of hydrogen-bond acceptors (Lipinski definition) is 2. The molecule has 0 saturated heterocycles. The summed E-state index contributed by atoms with van der Waals surface area (Å²) in [7, 11) is 0. The van der Waals surface area contributed by atoms with Gasteiger partial charge in [0, 0.05) is 0 Å². The summed E-state index contributed by atoms with van der Waals surface area (Å²) in [6, 6.07) is 11.6. The minimum atomic E-state index is -1.08. The predicted octanol–water partition coefficient (Wildman–Crippen LogP) is 2.83. The van der Waals surface area contributed by atoms with Gasteiger partial charge in [-0.25, -0.2) is 0 Å². The number of hydrogen-bond donors (Lipinski definition) is 1. The van der Waals surface area contributed by atoms with Crippen LogP contribution >= 0.6 is 0 Å². The zero-order valence-electron chi connectivity index (χ0n) is 9.49. The molecule has 15 heavy (non-hydrogen) atoms. The van der Waals surface area contributed by atoms with Crippen LogP contribution in [0.5, 0.6) is 0 Å². The lowest BCUT2D eigenvalue weighted by Crippen LogP contribution is -2.40. The standard InChI is InChI=1S/C13H17NO/c1-4-13(15,12(2,3)10-14)11-8-6-5-7-9-11/h5-9,15H,4H2,1-3H3. The molecule has 2 heteroatoms. The van der Waals surface area contributed by atoms with Gasteiger partial charge in [-0.05, 0) is 25.8 Å². The molecule has 1 rings (SSSR count). The van der Waals surface area contributed by atoms with Gasteiger partial charge in [0.2, 0.25) is 0 Å². The Morgan fingerprint density at radius 2 is 1.80 bits per heavy atom. The molecule has 0 radical (unpaired) electrons. The van der Waals surface area contributed by atoms with E-state index in [1.807, 2.05) is 37.3 Å². The molecule has 0 spiro atoms. The highest BCUT2D eigenvalue weighted by atomic mass is 16.3. The molecule has 0 bridgehead atoms. The van der Waals surface area contributed by atoms with Crippen LogP contribution in [0, 0.1) is 16.7 Å². The summed E-state index contributed by atoms with van der Waals surface area (Å²) in [6.07, 6.45) is 0.525. The van der Waals surface area contributed by atoms with Gasteiger partial charge < -0.3 is 5.11 Å².